The van der Waals surface area contributed by atoms with Crippen LogP contribution >= 0.6 is 0 Å². The standard InChI is InChI=1S/C13H17N.C11H15FN2OS.CH3NO/c1-14-13-11-6-2-4-9(11)8-10-5-3-7-12(10)13;1-14-7-11(4-5-11)8-2-3-10(16(13)15)9(12)6-8;2-1-3/h8,14H,2-7H2,1H3;2-3,6,14H,4-5,7,13H2,1H3;1H,(H2,2,3). The zero-order chi connectivity index (χ0) is 24.0. The summed E-state index contributed by atoms with van der Waals surface area (Å²) >= 11 is 0. The summed E-state index contributed by atoms with van der Waals surface area (Å²) in [5.41, 5.74) is 13.2. The van der Waals surface area contributed by atoms with Gasteiger partial charge < -0.3 is 16.4 Å². The molecule has 0 heterocycles. The van der Waals surface area contributed by atoms with E-state index in [2.05, 4.69) is 29.5 Å². The average molecular weight is 475 g/mol. The van der Waals surface area contributed by atoms with Crippen molar-refractivity contribution < 1.29 is 13.4 Å². The number of fused-ring (bicyclic) bond motifs is 2. The first-order valence-corrected chi connectivity index (χ1v) is 12.7. The molecule has 6 nitrogen and oxygen atoms in total. The minimum Gasteiger partial charge on any atom is -0.388 e. The Balaban J connectivity index is 0.000000167. The molecule has 33 heavy (non-hydrogen) atoms. The van der Waals surface area contributed by atoms with Crippen molar-refractivity contribution in [1.29, 1.82) is 0 Å². The number of nitrogens with two attached hydrogens (primary N) is 2. The van der Waals surface area contributed by atoms with Gasteiger partial charge in [-0.15, -0.1) is 0 Å². The molecular weight excluding hydrogens is 439 g/mol. The molecular formula is C25H35FN4O2S. The smallest absolute Gasteiger partial charge is 0.204 e. The maximum absolute atomic E-state index is 13.6. The first kappa shape index (κ1) is 25.3. The molecule has 0 saturated heterocycles. The Hall–Kier alpha value is -2.29. The fourth-order valence-corrected chi connectivity index (χ4v) is 5.62. The van der Waals surface area contributed by atoms with E-state index >= 15 is 0 Å². The fraction of sp³-hybridized carbons (Fsp3) is 0.480. The van der Waals surface area contributed by atoms with Gasteiger partial charge in [0.25, 0.3) is 0 Å². The molecule has 0 aliphatic heterocycles. The minimum atomic E-state index is -1.75. The van der Waals surface area contributed by atoms with E-state index < -0.39 is 16.8 Å². The van der Waals surface area contributed by atoms with E-state index in [1.165, 1.54) is 56.3 Å². The summed E-state index contributed by atoms with van der Waals surface area (Å²) in [6.45, 7) is 0.845. The monoisotopic (exact) mass is 474 g/mol. The Labute approximate surface area is 198 Å². The molecule has 2 aromatic carbocycles. The van der Waals surface area contributed by atoms with Gasteiger partial charge in [-0.05, 0) is 98.4 Å². The van der Waals surface area contributed by atoms with E-state index in [1.54, 1.807) is 22.3 Å². The molecule has 3 aliphatic rings. The van der Waals surface area contributed by atoms with Gasteiger partial charge in [0.2, 0.25) is 6.41 Å². The predicted molar refractivity (Wildman–Crippen MR) is 132 cm³/mol. The zero-order valence-corrected chi connectivity index (χ0v) is 20.3. The van der Waals surface area contributed by atoms with Gasteiger partial charge in [-0.2, -0.15) is 0 Å². The number of halogens is 1. The average Bonchev–Trinajstić information content (AvgIpc) is 3.18. The van der Waals surface area contributed by atoms with Crippen LogP contribution in [0.4, 0.5) is 10.1 Å². The molecule has 1 fully saturated rings. The van der Waals surface area contributed by atoms with E-state index in [9.17, 15) is 8.60 Å². The number of anilines is 1. The molecule has 1 amide bonds. The molecule has 0 radical (unpaired) electrons. The third kappa shape index (κ3) is 5.62. The summed E-state index contributed by atoms with van der Waals surface area (Å²) in [6, 6.07) is 7.29. The molecule has 0 spiro atoms. The molecule has 5 rings (SSSR count). The third-order valence-corrected chi connectivity index (χ3v) is 7.62. The van der Waals surface area contributed by atoms with E-state index in [0.29, 0.717) is 0 Å². The van der Waals surface area contributed by atoms with Crippen LogP contribution in [0.2, 0.25) is 0 Å². The van der Waals surface area contributed by atoms with Gasteiger partial charge in [-0.1, -0.05) is 12.1 Å². The lowest BCUT2D eigenvalue weighted by Gasteiger charge is -2.15. The van der Waals surface area contributed by atoms with E-state index in [-0.39, 0.29) is 16.7 Å². The lowest BCUT2D eigenvalue weighted by molar-refractivity contribution is -0.106. The van der Waals surface area contributed by atoms with Gasteiger partial charge >= 0.3 is 0 Å². The number of carbonyl (C=O) groups is 1. The van der Waals surface area contributed by atoms with Gasteiger partial charge in [-0.3, -0.25) is 4.79 Å². The van der Waals surface area contributed by atoms with Crippen LogP contribution in [0.1, 0.15) is 53.5 Å². The van der Waals surface area contributed by atoms with Crippen LogP contribution in [0, 0.1) is 5.82 Å². The van der Waals surface area contributed by atoms with Crippen molar-refractivity contribution >= 4 is 23.1 Å². The summed E-state index contributed by atoms with van der Waals surface area (Å²) in [5, 5.41) is 11.7. The minimum absolute atomic E-state index is 0.0732. The number of aryl methyl sites for hydroxylation is 2. The van der Waals surface area contributed by atoms with Gasteiger partial charge in [0.1, 0.15) is 16.8 Å². The number of nitrogens with one attached hydrogen (secondary N) is 2. The first-order chi connectivity index (χ1) is 15.9. The van der Waals surface area contributed by atoms with Gasteiger partial charge in [-0.25, -0.2) is 13.7 Å². The Morgan fingerprint density at radius 1 is 1.06 bits per heavy atom. The van der Waals surface area contributed by atoms with Crippen LogP contribution in [-0.4, -0.2) is 31.3 Å². The molecule has 1 saturated carbocycles. The lowest BCUT2D eigenvalue weighted by Crippen LogP contribution is -2.23. The summed E-state index contributed by atoms with van der Waals surface area (Å²) in [7, 11) is 2.22. The third-order valence-electron chi connectivity index (χ3n) is 6.85. The summed E-state index contributed by atoms with van der Waals surface area (Å²) in [5.74, 6) is -0.472. The van der Waals surface area contributed by atoms with Gasteiger partial charge in [0, 0.05) is 24.7 Å². The number of rotatable bonds is 5. The number of carbonyl (C=O) groups excluding carboxylic acids is 1. The normalized spacial score (nSPS) is 17.5. The second-order valence-electron chi connectivity index (χ2n) is 8.87. The topological polar surface area (TPSA) is 110 Å². The largest absolute Gasteiger partial charge is 0.388 e. The zero-order valence-electron chi connectivity index (χ0n) is 19.5. The van der Waals surface area contributed by atoms with Crippen LogP contribution in [0.15, 0.2) is 29.2 Å². The van der Waals surface area contributed by atoms with E-state index in [0.717, 1.165) is 24.9 Å². The van der Waals surface area contributed by atoms with Crippen LogP contribution in [0.3, 0.4) is 0 Å². The van der Waals surface area contributed by atoms with E-state index in [4.69, 9.17) is 9.93 Å². The van der Waals surface area contributed by atoms with Crippen molar-refractivity contribution in [3.8, 4) is 0 Å². The molecule has 180 valence electrons. The van der Waals surface area contributed by atoms with Crippen LogP contribution < -0.4 is 21.5 Å². The molecule has 1 atom stereocenters. The van der Waals surface area contributed by atoms with Crippen molar-refractivity contribution in [2.45, 2.75) is 61.7 Å². The molecule has 2 aromatic rings. The van der Waals surface area contributed by atoms with Gasteiger partial charge in [0.05, 0.1) is 4.90 Å². The van der Waals surface area contributed by atoms with Crippen molar-refractivity contribution in [3.05, 3.63) is 57.9 Å². The fourth-order valence-electron chi connectivity index (χ4n) is 5.17. The van der Waals surface area contributed by atoms with Crippen molar-refractivity contribution in [1.82, 2.24) is 5.32 Å². The second-order valence-corrected chi connectivity index (χ2v) is 9.91. The van der Waals surface area contributed by atoms with Crippen molar-refractivity contribution in [3.63, 3.8) is 0 Å². The quantitative estimate of drug-likeness (QED) is 0.500. The second kappa shape index (κ2) is 11.2. The number of hydrogen-bond donors (Lipinski definition) is 4. The number of likely N-dealkylation sites (N-methyl/N-ethyl adjacent to an activating group) is 1. The van der Waals surface area contributed by atoms with Crippen molar-refractivity contribution in [2.24, 2.45) is 10.9 Å². The highest BCUT2D eigenvalue weighted by Crippen LogP contribution is 2.47. The maximum atomic E-state index is 13.6. The Kier molecular flexibility index (Phi) is 8.62. The van der Waals surface area contributed by atoms with E-state index in [1.807, 2.05) is 13.1 Å². The molecule has 0 aromatic heterocycles. The summed E-state index contributed by atoms with van der Waals surface area (Å²) in [6.07, 6.45) is 10.3. The first-order valence-electron chi connectivity index (χ1n) is 11.5. The van der Waals surface area contributed by atoms with Crippen LogP contribution in [0.25, 0.3) is 0 Å². The highest BCUT2D eigenvalue weighted by Gasteiger charge is 2.43. The van der Waals surface area contributed by atoms with Crippen LogP contribution in [-0.2, 0) is 46.9 Å². The van der Waals surface area contributed by atoms with Crippen molar-refractivity contribution in [2.75, 3.05) is 26.0 Å². The molecule has 6 N–H and O–H groups in total. The highest BCUT2D eigenvalue weighted by atomic mass is 32.2. The number of hydrogen-bond acceptors (Lipinski definition) is 4. The molecule has 0 bridgehead atoms. The highest BCUT2D eigenvalue weighted by molar-refractivity contribution is 7.82. The Morgan fingerprint density at radius 2 is 1.64 bits per heavy atom. The predicted octanol–water partition coefficient (Wildman–Crippen LogP) is 2.87. The maximum Gasteiger partial charge on any atom is 0.204 e. The number of amides is 1. The molecule has 3 aliphatic carbocycles. The summed E-state index contributed by atoms with van der Waals surface area (Å²) < 4.78 is 24.6. The molecule has 1 unspecified atom stereocenters. The number of benzene rings is 2. The number of primary amides is 1. The van der Waals surface area contributed by atoms with Gasteiger partial charge in [0.15, 0.2) is 0 Å². The lowest BCUT2D eigenvalue weighted by atomic mass is 9.96. The summed E-state index contributed by atoms with van der Waals surface area (Å²) in [4.78, 5) is 8.66. The Morgan fingerprint density at radius 3 is 2.06 bits per heavy atom. The SMILES string of the molecule is CNCC1(c2ccc(S(N)=O)c(F)c2)CC1.CNc1c2c(cc3c1CCC3)CCC2.NC=O. The Bertz CT molecular complexity index is 992. The van der Waals surface area contributed by atoms with Crippen LogP contribution in [0.5, 0.6) is 0 Å². The molecule has 8 heteroatoms.